The Morgan fingerprint density at radius 3 is 2.38 bits per heavy atom. The lowest BCUT2D eigenvalue weighted by Gasteiger charge is -2.35. The molecule has 2 aliphatic rings. The van der Waals surface area contributed by atoms with E-state index in [9.17, 15) is 19.2 Å². The summed E-state index contributed by atoms with van der Waals surface area (Å²) in [5, 5.41) is 0.188. The van der Waals surface area contributed by atoms with E-state index in [0.29, 0.717) is 37.6 Å². The Morgan fingerprint density at radius 1 is 1.12 bits per heavy atom. The van der Waals surface area contributed by atoms with Crippen LogP contribution in [-0.2, 0) is 33.3 Å². The van der Waals surface area contributed by atoms with Crippen molar-refractivity contribution in [2.75, 3.05) is 44.4 Å². The number of carbonyl (C=O) groups is 4. The van der Waals surface area contributed by atoms with E-state index in [4.69, 9.17) is 30.5 Å². The average molecular weight is 497 g/mol. The van der Waals surface area contributed by atoms with E-state index < -0.39 is 35.7 Å². The Hall–Kier alpha value is -2.69. The normalized spacial score (nSPS) is 20.0. The summed E-state index contributed by atoms with van der Waals surface area (Å²) in [7, 11) is 0. The van der Waals surface area contributed by atoms with Crippen LogP contribution in [0.2, 0.25) is 5.02 Å². The Labute approximate surface area is 203 Å². The van der Waals surface area contributed by atoms with Gasteiger partial charge in [-0.1, -0.05) is 11.6 Å². The molecule has 11 heteroatoms. The Bertz CT molecular complexity index is 955. The Balaban J connectivity index is 1.81. The zero-order chi connectivity index (χ0) is 25.0. The van der Waals surface area contributed by atoms with Crippen LogP contribution in [0.1, 0.15) is 38.1 Å². The third-order valence-electron chi connectivity index (χ3n) is 5.12. The molecule has 2 unspecified atom stereocenters. The Kier molecular flexibility index (Phi) is 8.17. The van der Waals surface area contributed by atoms with Crippen LogP contribution < -0.4 is 4.90 Å². The van der Waals surface area contributed by atoms with Crippen LogP contribution in [0, 0.1) is 0 Å². The molecule has 0 aromatic heterocycles. The second-order valence-electron chi connectivity index (χ2n) is 8.91. The number of rotatable bonds is 5. The minimum atomic E-state index is -1.57. The molecule has 0 N–H and O–H groups in total. The smallest absolute Gasteiger partial charge is 0.351 e. The lowest BCUT2D eigenvalue weighted by atomic mass is 10.1. The summed E-state index contributed by atoms with van der Waals surface area (Å²) in [4.78, 5) is 53.4. The van der Waals surface area contributed by atoms with Gasteiger partial charge in [0, 0.05) is 32.2 Å². The van der Waals surface area contributed by atoms with Gasteiger partial charge in [0.05, 0.1) is 30.4 Å². The molecule has 0 radical (unpaired) electrons. The van der Waals surface area contributed by atoms with Crippen molar-refractivity contribution >= 4 is 41.0 Å². The van der Waals surface area contributed by atoms with Crippen LogP contribution in [0.15, 0.2) is 18.2 Å². The second-order valence-corrected chi connectivity index (χ2v) is 9.32. The quantitative estimate of drug-likeness (QED) is 0.567. The maximum absolute atomic E-state index is 13.3. The predicted octanol–water partition coefficient (Wildman–Crippen LogP) is 1.82. The van der Waals surface area contributed by atoms with Crippen molar-refractivity contribution in [1.82, 2.24) is 4.90 Å². The van der Waals surface area contributed by atoms with E-state index in [-0.39, 0.29) is 24.1 Å². The van der Waals surface area contributed by atoms with Crippen molar-refractivity contribution in [3.63, 3.8) is 0 Å². The summed E-state index contributed by atoms with van der Waals surface area (Å²) >= 11 is 6.41. The van der Waals surface area contributed by atoms with Crippen molar-refractivity contribution in [2.24, 2.45) is 0 Å². The average Bonchev–Trinajstić information content (AvgIpc) is 2.76. The molecule has 2 heterocycles. The van der Waals surface area contributed by atoms with Crippen LogP contribution >= 0.6 is 11.6 Å². The molecule has 0 bridgehead atoms. The maximum Gasteiger partial charge on any atom is 0.351 e. The molecule has 2 atom stereocenters. The number of hydrogen-bond donors (Lipinski definition) is 0. The van der Waals surface area contributed by atoms with Crippen LogP contribution in [0.25, 0.3) is 0 Å². The van der Waals surface area contributed by atoms with Crippen molar-refractivity contribution in [3.05, 3.63) is 28.8 Å². The number of ether oxygens (including phenoxy) is 4. The molecule has 0 saturated carbocycles. The van der Waals surface area contributed by atoms with Gasteiger partial charge in [-0.2, -0.15) is 0 Å². The lowest BCUT2D eigenvalue weighted by molar-refractivity contribution is -0.188. The topological polar surface area (TPSA) is 112 Å². The summed E-state index contributed by atoms with van der Waals surface area (Å²) in [6.07, 6.45) is -2.95. The minimum absolute atomic E-state index is 0.0864. The largest absolute Gasteiger partial charge is 0.457 e. The fraction of sp³-hybridized carbons (Fsp3) is 0.565. The van der Waals surface area contributed by atoms with E-state index >= 15 is 0 Å². The number of halogens is 1. The van der Waals surface area contributed by atoms with Crippen molar-refractivity contribution in [3.8, 4) is 0 Å². The van der Waals surface area contributed by atoms with Gasteiger partial charge in [-0.25, -0.2) is 4.79 Å². The molecule has 1 aromatic carbocycles. The van der Waals surface area contributed by atoms with Crippen molar-refractivity contribution in [1.29, 1.82) is 0 Å². The Morgan fingerprint density at radius 2 is 1.79 bits per heavy atom. The molecule has 3 rings (SSSR count). The highest BCUT2D eigenvalue weighted by Gasteiger charge is 2.44. The monoisotopic (exact) mass is 496 g/mol. The molecule has 0 aliphatic carbocycles. The number of benzene rings is 1. The molecule has 1 aromatic rings. The highest BCUT2D eigenvalue weighted by Crippen LogP contribution is 2.28. The van der Waals surface area contributed by atoms with Gasteiger partial charge in [0.1, 0.15) is 5.60 Å². The third kappa shape index (κ3) is 6.25. The molecule has 34 heavy (non-hydrogen) atoms. The highest BCUT2D eigenvalue weighted by molar-refractivity contribution is 6.34. The van der Waals surface area contributed by atoms with Gasteiger partial charge in [-0.3, -0.25) is 14.4 Å². The van der Waals surface area contributed by atoms with E-state index in [2.05, 4.69) is 0 Å². The number of amides is 2. The van der Waals surface area contributed by atoms with Crippen LogP contribution in [0.5, 0.6) is 0 Å². The van der Waals surface area contributed by atoms with E-state index in [1.165, 1.54) is 11.0 Å². The molecule has 0 spiro atoms. The molecule has 2 aliphatic heterocycles. The van der Waals surface area contributed by atoms with Gasteiger partial charge in [0.25, 0.3) is 11.8 Å². The van der Waals surface area contributed by atoms with Crippen molar-refractivity contribution in [2.45, 2.75) is 45.5 Å². The molecular weight excluding hydrogens is 468 g/mol. The van der Waals surface area contributed by atoms with Gasteiger partial charge < -0.3 is 28.7 Å². The number of hydrogen-bond acceptors (Lipinski definition) is 8. The molecule has 2 fully saturated rings. The minimum Gasteiger partial charge on any atom is -0.457 e. The first kappa shape index (κ1) is 25.9. The second kappa shape index (κ2) is 10.7. The van der Waals surface area contributed by atoms with Crippen molar-refractivity contribution < 1.29 is 38.1 Å². The number of anilines is 1. The lowest BCUT2D eigenvalue weighted by Crippen LogP contribution is -2.56. The zero-order valence-corrected chi connectivity index (χ0v) is 20.4. The number of carbonyl (C=O) groups excluding carboxylic acids is 4. The van der Waals surface area contributed by atoms with Gasteiger partial charge in [0.15, 0.2) is 6.10 Å². The molecule has 2 amide bonds. The SMILES string of the molecule is CC(=O)OC(C(=O)OC(C)(C)C)C1OCCN(c2ccc(C(=O)N3CCOCC3)c(Cl)c2)C1=O. The highest BCUT2D eigenvalue weighted by atomic mass is 35.5. The molecular formula is C23H29ClN2O8. The third-order valence-corrected chi connectivity index (χ3v) is 5.43. The fourth-order valence-electron chi connectivity index (χ4n) is 3.63. The van der Waals surface area contributed by atoms with E-state index in [1.807, 2.05) is 0 Å². The maximum atomic E-state index is 13.3. The van der Waals surface area contributed by atoms with Gasteiger partial charge in [-0.05, 0) is 39.0 Å². The molecule has 186 valence electrons. The summed E-state index contributed by atoms with van der Waals surface area (Å²) in [5.41, 5.74) is -0.118. The summed E-state index contributed by atoms with van der Waals surface area (Å²) in [5.74, 6) is -2.44. The number of esters is 2. The summed E-state index contributed by atoms with van der Waals surface area (Å²) in [6.45, 7) is 8.26. The fourth-order valence-corrected chi connectivity index (χ4v) is 3.89. The molecule has 10 nitrogen and oxygen atoms in total. The first-order valence-corrected chi connectivity index (χ1v) is 11.4. The number of nitrogens with zero attached hydrogens (tertiary/aromatic N) is 2. The van der Waals surface area contributed by atoms with E-state index in [1.54, 1.807) is 37.8 Å². The molecule has 2 saturated heterocycles. The summed E-state index contributed by atoms with van der Waals surface area (Å²) in [6, 6.07) is 4.68. The van der Waals surface area contributed by atoms with Crippen LogP contribution in [0.3, 0.4) is 0 Å². The zero-order valence-electron chi connectivity index (χ0n) is 19.7. The van der Waals surface area contributed by atoms with Gasteiger partial charge >= 0.3 is 11.9 Å². The van der Waals surface area contributed by atoms with Gasteiger partial charge in [-0.15, -0.1) is 0 Å². The van der Waals surface area contributed by atoms with Crippen LogP contribution in [-0.4, -0.2) is 85.9 Å². The first-order valence-electron chi connectivity index (χ1n) is 11.0. The van der Waals surface area contributed by atoms with Crippen LogP contribution in [0.4, 0.5) is 5.69 Å². The summed E-state index contributed by atoms with van der Waals surface area (Å²) < 4.78 is 21.3. The first-order chi connectivity index (χ1) is 16.0. The standard InChI is InChI=1S/C23H29ClN2O8/c1-14(27)33-19(22(30)34-23(2,3)4)18-21(29)26(9-12-32-18)15-5-6-16(17(24)13-15)20(28)25-7-10-31-11-8-25/h5-6,13,18-19H,7-12H2,1-4H3. The van der Waals surface area contributed by atoms with E-state index in [0.717, 1.165) is 6.92 Å². The predicted molar refractivity (Wildman–Crippen MR) is 122 cm³/mol. The number of morpholine rings is 2. The van der Waals surface area contributed by atoms with Gasteiger partial charge in [0.2, 0.25) is 6.10 Å².